The number of H-pyrrole nitrogens is 1. The average Bonchev–Trinajstić information content (AvgIpc) is 2.15. The second kappa shape index (κ2) is 5.44. The molecule has 0 aliphatic heterocycles. The third kappa shape index (κ3) is 3.62. The van der Waals surface area contributed by atoms with E-state index in [9.17, 15) is 9.59 Å². The Balaban J connectivity index is 2.56. The van der Waals surface area contributed by atoms with E-state index in [1.807, 2.05) is 0 Å². The number of rotatable bonds is 3. The van der Waals surface area contributed by atoms with E-state index < -0.39 is 0 Å². The maximum Gasteiger partial charge on any atom is 0.188 e. The molecule has 0 saturated heterocycles. The van der Waals surface area contributed by atoms with E-state index in [2.05, 4.69) is 4.98 Å². The standard InChI is InChI=1S/C10H11NO2S/c1-8(12)14-6-2-3-9-7-11-5-4-10(9)13/h2-5,7H,6H2,1H3,(H,11,13). The van der Waals surface area contributed by atoms with Gasteiger partial charge in [-0.05, 0) is 0 Å². The molecule has 0 aliphatic carbocycles. The van der Waals surface area contributed by atoms with Crippen LogP contribution in [-0.2, 0) is 4.79 Å². The summed E-state index contributed by atoms with van der Waals surface area (Å²) in [6, 6.07) is 1.47. The van der Waals surface area contributed by atoms with Gasteiger partial charge in [0.05, 0.1) is 0 Å². The summed E-state index contributed by atoms with van der Waals surface area (Å²) in [6.07, 6.45) is 6.74. The van der Waals surface area contributed by atoms with Crippen LogP contribution in [0.3, 0.4) is 0 Å². The van der Waals surface area contributed by atoms with Crippen LogP contribution in [0.1, 0.15) is 12.5 Å². The fourth-order valence-electron chi connectivity index (χ4n) is 0.900. The summed E-state index contributed by atoms with van der Waals surface area (Å²) in [5.41, 5.74) is 0.587. The number of carbonyl (C=O) groups is 1. The van der Waals surface area contributed by atoms with Crippen molar-refractivity contribution in [2.75, 3.05) is 5.75 Å². The smallest absolute Gasteiger partial charge is 0.188 e. The third-order valence-electron chi connectivity index (χ3n) is 1.53. The maximum atomic E-state index is 11.2. The van der Waals surface area contributed by atoms with Crippen molar-refractivity contribution in [1.29, 1.82) is 0 Å². The second-order valence-corrected chi connectivity index (χ2v) is 3.87. The van der Waals surface area contributed by atoms with Gasteiger partial charge < -0.3 is 4.98 Å². The van der Waals surface area contributed by atoms with Crippen molar-refractivity contribution in [3.63, 3.8) is 0 Å². The molecule has 74 valence electrons. The van der Waals surface area contributed by atoms with Crippen LogP contribution in [-0.4, -0.2) is 15.9 Å². The Bertz CT molecular complexity index is 395. The maximum absolute atomic E-state index is 11.2. The fraction of sp³-hybridized carbons (Fsp3) is 0.200. The molecule has 0 aromatic carbocycles. The van der Waals surface area contributed by atoms with Gasteiger partial charge in [-0.2, -0.15) is 0 Å². The summed E-state index contributed by atoms with van der Waals surface area (Å²) < 4.78 is 0. The summed E-state index contributed by atoms with van der Waals surface area (Å²) in [4.78, 5) is 24.6. The molecular weight excluding hydrogens is 198 g/mol. The minimum absolute atomic E-state index is 0.0205. The molecule has 0 unspecified atom stereocenters. The first-order valence-corrected chi connectivity index (χ1v) is 5.15. The first-order chi connectivity index (χ1) is 6.70. The van der Waals surface area contributed by atoms with Crippen molar-refractivity contribution >= 4 is 23.0 Å². The van der Waals surface area contributed by atoms with Crippen molar-refractivity contribution in [2.24, 2.45) is 0 Å². The highest BCUT2D eigenvalue weighted by atomic mass is 32.2. The van der Waals surface area contributed by atoms with Crippen LogP contribution in [0.15, 0.2) is 29.3 Å². The molecule has 1 N–H and O–H groups in total. The zero-order valence-corrected chi connectivity index (χ0v) is 8.64. The Labute approximate surface area is 86.2 Å². The highest BCUT2D eigenvalue weighted by Crippen LogP contribution is 2.02. The van der Waals surface area contributed by atoms with E-state index in [1.165, 1.54) is 24.8 Å². The normalized spacial score (nSPS) is 10.6. The van der Waals surface area contributed by atoms with Crippen molar-refractivity contribution in [1.82, 2.24) is 4.98 Å². The molecule has 1 rings (SSSR count). The quantitative estimate of drug-likeness (QED) is 0.823. The minimum atomic E-state index is -0.0205. The van der Waals surface area contributed by atoms with Gasteiger partial charge in [0, 0.05) is 36.7 Å². The molecule has 3 nitrogen and oxygen atoms in total. The van der Waals surface area contributed by atoms with Crippen LogP contribution in [0, 0.1) is 0 Å². The van der Waals surface area contributed by atoms with E-state index in [4.69, 9.17) is 0 Å². The number of pyridine rings is 1. The molecule has 0 amide bonds. The van der Waals surface area contributed by atoms with Gasteiger partial charge in [-0.25, -0.2) is 0 Å². The fourth-order valence-corrected chi connectivity index (χ4v) is 1.33. The minimum Gasteiger partial charge on any atom is -0.367 e. The molecule has 1 aromatic rings. The van der Waals surface area contributed by atoms with Gasteiger partial charge in [0.2, 0.25) is 0 Å². The molecule has 0 radical (unpaired) electrons. The number of hydrogen-bond donors (Lipinski definition) is 1. The van der Waals surface area contributed by atoms with Crippen molar-refractivity contribution in [3.8, 4) is 0 Å². The first-order valence-electron chi connectivity index (χ1n) is 4.17. The van der Waals surface area contributed by atoms with Crippen LogP contribution in [0.25, 0.3) is 6.08 Å². The predicted molar refractivity (Wildman–Crippen MR) is 59.2 cm³/mol. The molecular formula is C10H11NO2S. The van der Waals surface area contributed by atoms with E-state index >= 15 is 0 Å². The van der Waals surface area contributed by atoms with Crippen molar-refractivity contribution in [2.45, 2.75) is 6.92 Å². The summed E-state index contributed by atoms with van der Waals surface area (Å²) in [6.45, 7) is 1.52. The van der Waals surface area contributed by atoms with Gasteiger partial charge in [-0.3, -0.25) is 9.59 Å². The lowest BCUT2D eigenvalue weighted by Gasteiger charge is -1.91. The number of aromatic amines is 1. The van der Waals surface area contributed by atoms with E-state index in [-0.39, 0.29) is 10.5 Å². The largest absolute Gasteiger partial charge is 0.367 e. The average molecular weight is 209 g/mol. The summed E-state index contributed by atoms with van der Waals surface area (Å²) >= 11 is 1.22. The molecule has 0 aliphatic rings. The van der Waals surface area contributed by atoms with Crippen molar-refractivity contribution < 1.29 is 4.79 Å². The Morgan fingerprint density at radius 3 is 3.07 bits per heavy atom. The molecule has 0 bridgehead atoms. The Hall–Kier alpha value is -1.29. The van der Waals surface area contributed by atoms with Crippen LogP contribution < -0.4 is 5.43 Å². The molecule has 0 saturated carbocycles. The summed E-state index contributed by atoms with van der Waals surface area (Å²) in [7, 11) is 0. The van der Waals surface area contributed by atoms with E-state index in [0.29, 0.717) is 11.3 Å². The predicted octanol–water partition coefficient (Wildman–Crippen LogP) is 1.67. The van der Waals surface area contributed by atoms with Gasteiger partial charge in [-0.15, -0.1) is 0 Å². The lowest BCUT2D eigenvalue weighted by molar-refractivity contribution is -0.109. The van der Waals surface area contributed by atoms with Gasteiger partial charge in [0.1, 0.15) is 0 Å². The number of aromatic nitrogens is 1. The van der Waals surface area contributed by atoms with Crippen LogP contribution in [0.5, 0.6) is 0 Å². The van der Waals surface area contributed by atoms with Crippen molar-refractivity contribution in [3.05, 3.63) is 40.3 Å². The Kier molecular flexibility index (Phi) is 4.19. The first kappa shape index (κ1) is 10.8. The topological polar surface area (TPSA) is 49.9 Å². The highest BCUT2D eigenvalue weighted by molar-refractivity contribution is 8.13. The highest BCUT2D eigenvalue weighted by Gasteiger charge is 1.92. The van der Waals surface area contributed by atoms with Crippen LogP contribution in [0.4, 0.5) is 0 Å². The monoisotopic (exact) mass is 209 g/mol. The number of thioether (sulfide) groups is 1. The molecule has 0 atom stereocenters. The Morgan fingerprint density at radius 1 is 1.64 bits per heavy atom. The summed E-state index contributed by atoms with van der Waals surface area (Å²) in [5, 5.41) is 0.0802. The van der Waals surface area contributed by atoms with Crippen LogP contribution in [0.2, 0.25) is 0 Å². The second-order valence-electron chi connectivity index (χ2n) is 2.67. The lowest BCUT2D eigenvalue weighted by atomic mass is 10.2. The molecule has 14 heavy (non-hydrogen) atoms. The SMILES string of the molecule is CC(=O)SCC=Cc1c[nH]ccc1=O. The number of carbonyl (C=O) groups excluding carboxylic acids is 1. The van der Waals surface area contributed by atoms with E-state index in [0.717, 1.165) is 0 Å². The molecule has 1 aromatic heterocycles. The molecule has 0 fully saturated rings. The molecule has 1 heterocycles. The van der Waals surface area contributed by atoms with Crippen LogP contribution >= 0.6 is 11.8 Å². The van der Waals surface area contributed by atoms with E-state index in [1.54, 1.807) is 24.5 Å². The lowest BCUT2D eigenvalue weighted by Crippen LogP contribution is -2.02. The zero-order valence-electron chi connectivity index (χ0n) is 7.82. The zero-order chi connectivity index (χ0) is 10.4. The van der Waals surface area contributed by atoms with Gasteiger partial charge >= 0.3 is 0 Å². The number of nitrogens with one attached hydrogen (secondary N) is 1. The molecule has 0 spiro atoms. The van der Waals surface area contributed by atoms with Gasteiger partial charge in [0.15, 0.2) is 10.5 Å². The van der Waals surface area contributed by atoms with Gasteiger partial charge in [0.25, 0.3) is 0 Å². The third-order valence-corrected chi connectivity index (χ3v) is 2.30. The van der Waals surface area contributed by atoms with Gasteiger partial charge in [-0.1, -0.05) is 23.9 Å². The summed E-state index contributed by atoms with van der Waals surface area (Å²) in [5.74, 6) is 0.601. The molecule has 4 heteroatoms. The number of hydrogen-bond acceptors (Lipinski definition) is 3. The Morgan fingerprint density at radius 2 is 2.43 bits per heavy atom.